The first-order valence-corrected chi connectivity index (χ1v) is 8.03. The quantitative estimate of drug-likeness (QED) is 0.600. The Balaban J connectivity index is 2.06. The van der Waals surface area contributed by atoms with E-state index in [1.54, 1.807) is 18.9 Å². The summed E-state index contributed by atoms with van der Waals surface area (Å²) in [6.45, 7) is 0.270. The summed E-state index contributed by atoms with van der Waals surface area (Å²) in [4.78, 5) is 0. The summed E-state index contributed by atoms with van der Waals surface area (Å²) in [6.07, 6.45) is 2.98. The fraction of sp³-hybridized carbons (Fsp3) is 0.467. The third-order valence-corrected chi connectivity index (χ3v) is 4.32. The van der Waals surface area contributed by atoms with Crippen molar-refractivity contribution in [3.8, 4) is 17.1 Å². The molecular formula is C15H21N3O2S. The van der Waals surface area contributed by atoms with E-state index in [1.165, 1.54) is 0 Å². The number of aliphatic hydroxyl groups excluding tert-OH is 1. The molecule has 2 rings (SSSR count). The molecule has 0 radical (unpaired) electrons. The Kier molecular flexibility index (Phi) is 6.07. The molecule has 0 aliphatic carbocycles. The summed E-state index contributed by atoms with van der Waals surface area (Å²) >= 11 is 1.69. The highest BCUT2D eigenvalue weighted by molar-refractivity contribution is 7.99. The first-order valence-electron chi connectivity index (χ1n) is 7.04. The molecule has 0 saturated heterocycles. The Morgan fingerprint density at radius 2 is 2.00 bits per heavy atom. The summed E-state index contributed by atoms with van der Waals surface area (Å²) in [5.74, 6) is 2.59. The standard InChI is InChI=1S/C15H21N3O2S/c1-18-14(12-8-4-5-9-13(12)20-2)16-17-15(18)21-11-7-3-6-10-19/h4-5,8-9,19H,3,6-7,10-11H2,1-2H3. The summed E-state index contributed by atoms with van der Waals surface area (Å²) in [5.41, 5.74) is 0.946. The second-order valence-electron chi connectivity index (χ2n) is 4.70. The highest BCUT2D eigenvalue weighted by Gasteiger charge is 2.14. The molecule has 1 aromatic heterocycles. The van der Waals surface area contributed by atoms with Crippen LogP contribution in [0.2, 0.25) is 0 Å². The van der Waals surface area contributed by atoms with Crippen LogP contribution in [-0.2, 0) is 7.05 Å². The van der Waals surface area contributed by atoms with E-state index in [0.717, 1.165) is 47.3 Å². The van der Waals surface area contributed by atoms with Crippen molar-refractivity contribution in [2.75, 3.05) is 19.5 Å². The lowest BCUT2D eigenvalue weighted by Crippen LogP contribution is -1.97. The van der Waals surface area contributed by atoms with E-state index in [9.17, 15) is 0 Å². The van der Waals surface area contributed by atoms with E-state index >= 15 is 0 Å². The molecule has 114 valence electrons. The van der Waals surface area contributed by atoms with E-state index in [0.29, 0.717) is 0 Å². The first kappa shape index (κ1) is 15.9. The van der Waals surface area contributed by atoms with E-state index in [-0.39, 0.29) is 6.61 Å². The summed E-state index contributed by atoms with van der Waals surface area (Å²) in [6, 6.07) is 7.81. The zero-order valence-electron chi connectivity index (χ0n) is 12.5. The molecule has 0 aliphatic rings. The molecule has 0 saturated carbocycles. The lowest BCUT2D eigenvalue weighted by atomic mass is 10.2. The van der Waals surface area contributed by atoms with Crippen LogP contribution < -0.4 is 4.74 Å². The van der Waals surface area contributed by atoms with Crippen molar-refractivity contribution in [3.63, 3.8) is 0 Å². The Morgan fingerprint density at radius 1 is 1.19 bits per heavy atom. The minimum atomic E-state index is 0.270. The number of thioether (sulfide) groups is 1. The van der Waals surface area contributed by atoms with Crippen LogP contribution in [0.5, 0.6) is 5.75 Å². The van der Waals surface area contributed by atoms with E-state index in [1.807, 2.05) is 35.9 Å². The molecule has 1 N–H and O–H groups in total. The fourth-order valence-corrected chi connectivity index (χ4v) is 2.97. The lowest BCUT2D eigenvalue weighted by molar-refractivity contribution is 0.284. The predicted octanol–water partition coefficient (Wildman–Crippen LogP) is 2.75. The Bertz CT molecular complexity index is 572. The number of nitrogens with zero attached hydrogens (tertiary/aromatic N) is 3. The predicted molar refractivity (Wildman–Crippen MR) is 84.7 cm³/mol. The van der Waals surface area contributed by atoms with Crippen LogP contribution in [-0.4, -0.2) is 39.3 Å². The maximum Gasteiger partial charge on any atom is 0.191 e. The van der Waals surface area contributed by atoms with Gasteiger partial charge in [0, 0.05) is 19.4 Å². The van der Waals surface area contributed by atoms with Gasteiger partial charge >= 0.3 is 0 Å². The summed E-state index contributed by atoms with van der Waals surface area (Å²) in [7, 11) is 3.63. The molecule has 0 unspecified atom stereocenters. The minimum absolute atomic E-state index is 0.270. The van der Waals surface area contributed by atoms with Gasteiger partial charge in [-0.05, 0) is 25.0 Å². The van der Waals surface area contributed by atoms with Crippen LogP contribution in [0, 0.1) is 0 Å². The van der Waals surface area contributed by atoms with Crippen LogP contribution in [0.1, 0.15) is 19.3 Å². The van der Waals surface area contributed by atoms with Gasteiger partial charge in [-0.15, -0.1) is 10.2 Å². The summed E-state index contributed by atoms with van der Waals surface area (Å²) < 4.78 is 7.37. The van der Waals surface area contributed by atoms with Crippen molar-refractivity contribution in [3.05, 3.63) is 24.3 Å². The molecule has 0 spiro atoms. The van der Waals surface area contributed by atoms with Gasteiger partial charge in [-0.25, -0.2) is 0 Å². The zero-order valence-corrected chi connectivity index (χ0v) is 13.3. The second-order valence-corrected chi connectivity index (χ2v) is 5.76. The molecule has 0 amide bonds. The van der Waals surface area contributed by atoms with Crippen molar-refractivity contribution in [1.29, 1.82) is 0 Å². The number of hydrogen-bond donors (Lipinski definition) is 1. The molecule has 0 atom stereocenters. The number of para-hydroxylation sites is 1. The number of unbranched alkanes of at least 4 members (excludes halogenated alkanes) is 2. The Labute approximate surface area is 129 Å². The van der Waals surface area contributed by atoms with Gasteiger partial charge in [-0.1, -0.05) is 30.3 Å². The van der Waals surface area contributed by atoms with E-state index in [4.69, 9.17) is 9.84 Å². The zero-order chi connectivity index (χ0) is 15.1. The molecule has 1 heterocycles. The second kappa shape index (κ2) is 8.05. The number of methoxy groups -OCH3 is 1. The van der Waals surface area contributed by atoms with Gasteiger partial charge in [-0.3, -0.25) is 0 Å². The number of benzene rings is 1. The molecule has 0 fully saturated rings. The third-order valence-electron chi connectivity index (χ3n) is 3.22. The van der Waals surface area contributed by atoms with E-state index in [2.05, 4.69) is 10.2 Å². The molecule has 5 nitrogen and oxygen atoms in total. The molecule has 21 heavy (non-hydrogen) atoms. The molecule has 0 aliphatic heterocycles. The van der Waals surface area contributed by atoms with Crippen molar-refractivity contribution in [2.24, 2.45) is 7.05 Å². The Hall–Kier alpha value is -1.53. The average molecular weight is 307 g/mol. The molecule has 1 aromatic carbocycles. The normalized spacial score (nSPS) is 10.8. The van der Waals surface area contributed by atoms with Gasteiger partial charge < -0.3 is 14.4 Å². The van der Waals surface area contributed by atoms with Gasteiger partial charge in [0.2, 0.25) is 0 Å². The molecule has 6 heteroatoms. The Morgan fingerprint density at radius 3 is 2.76 bits per heavy atom. The van der Waals surface area contributed by atoms with Crippen LogP contribution in [0.15, 0.2) is 29.4 Å². The maximum absolute atomic E-state index is 8.76. The van der Waals surface area contributed by atoms with Crippen molar-refractivity contribution < 1.29 is 9.84 Å². The number of hydrogen-bond acceptors (Lipinski definition) is 5. The number of ether oxygens (including phenoxy) is 1. The van der Waals surface area contributed by atoms with Crippen LogP contribution in [0.4, 0.5) is 0 Å². The monoisotopic (exact) mass is 307 g/mol. The van der Waals surface area contributed by atoms with Gasteiger partial charge in [0.05, 0.1) is 12.7 Å². The highest BCUT2D eigenvalue weighted by Crippen LogP contribution is 2.30. The number of aromatic nitrogens is 3. The first-order chi connectivity index (χ1) is 10.3. The van der Waals surface area contributed by atoms with Crippen molar-refractivity contribution in [1.82, 2.24) is 14.8 Å². The summed E-state index contributed by atoms with van der Waals surface area (Å²) in [5, 5.41) is 18.2. The van der Waals surface area contributed by atoms with Crippen molar-refractivity contribution in [2.45, 2.75) is 24.4 Å². The average Bonchev–Trinajstić information content (AvgIpc) is 2.88. The number of rotatable bonds is 8. The highest BCUT2D eigenvalue weighted by atomic mass is 32.2. The van der Waals surface area contributed by atoms with Gasteiger partial charge in [0.25, 0.3) is 0 Å². The van der Waals surface area contributed by atoms with Gasteiger partial charge in [-0.2, -0.15) is 0 Å². The number of aliphatic hydroxyl groups is 1. The smallest absolute Gasteiger partial charge is 0.191 e. The van der Waals surface area contributed by atoms with Crippen LogP contribution in [0.25, 0.3) is 11.4 Å². The maximum atomic E-state index is 8.76. The van der Waals surface area contributed by atoms with E-state index < -0.39 is 0 Å². The van der Waals surface area contributed by atoms with Crippen LogP contribution >= 0.6 is 11.8 Å². The van der Waals surface area contributed by atoms with Gasteiger partial charge in [0.15, 0.2) is 11.0 Å². The largest absolute Gasteiger partial charge is 0.496 e. The minimum Gasteiger partial charge on any atom is -0.496 e. The van der Waals surface area contributed by atoms with Crippen LogP contribution in [0.3, 0.4) is 0 Å². The third kappa shape index (κ3) is 3.98. The fourth-order valence-electron chi connectivity index (χ4n) is 2.06. The lowest BCUT2D eigenvalue weighted by Gasteiger charge is -2.08. The molecule has 2 aromatic rings. The van der Waals surface area contributed by atoms with Crippen molar-refractivity contribution >= 4 is 11.8 Å². The molecular weight excluding hydrogens is 286 g/mol. The topological polar surface area (TPSA) is 60.2 Å². The van der Waals surface area contributed by atoms with Gasteiger partial charge in [0.1, 0.15) is 5.75 Å². The SMILES string of the molecule is COc1ccccc1-c1nnc(SCCCCCO)n1C. The molecule has 0 bridgehead atoms.